The summed E-state index contributed by atoms with van der Waals surface area (Å²) in [5.41, 5.74) is 4.53. The predicted molar refractivity (Wildman–Crippen MR) is 41.7 cm³/mol. The number of imide groups is 1. The van der Waals surface area contributed by atoms with Gasteiger partial charge >= 0.3 is 0 Å². The van der Waals surface area contributed by atoms with Crippen LogP contribution in [0.2, 0.25) is 0 Å². The van der Waals surface area contributed by atoms with Gasteiger partial charge in [0.15, 0.2) is 0 Å². The molecule has 0 aliphatic carbocycles. The molecule has 64 valence electrons. The van der Waals surface area contributed by atoms with Gasteiger partial charge in [0.25, 0.3) is 11.8 Å². The highest BCUT2D eigenvalue weighted by Crippen LogP contribution is 1.82. The Balaban J connectivity index is 0.000000217. The molecule has 0 atom stereocenters. The van der Waals surface area contributed by atoms with Crippen LogP contribution in [-0.4, -0.2) is 17.7 Å². The molecule has 1 heterocycles. The van der Waals surface area contributed by atoms with E-state index in [0.29, 0.717) is 0 Å². The minimum Gasteiger partial charge on any atom is -0.366 e. The van der Waals surface area contributed by atoms with E-state index in [1.165, 1.54) is 12.2 Å². The van der Waals surface area contributed by atoms with Crippen LogP contribution < -0.4 is 11.1 Å². The maximum Gasteiger partial charge on any atom is 0.250 e. The van der Waals surface area contributed by atoms with Crippen LogP contribution in [0.4, 0.5) is 0 Å². The SMILES string of the molecule is C=CC(N)=O.O=C1C=CC(=O)N1. The summed E-state index contributed by atoms with van der Waals surface area (Å²) in [6.45, 7) is 3.09. The van der Waals surface area contributed by atoms with Crippen LogP contribution >= 0.6 is 0 Å². The zero-order valence-electron chi connectivity index (χ0n) is 6.24. The fourth-order valence-electron chi connectivity index (χ4n) is 0.356. The summed E-state index contributed by atoms with van der Waals surface area (Å²) in [5.74, 6) is -1.14. The minimum atomic E-state index is -0.481. The molecule has 0 unspecified atom stereocenters. The van der Waals surface area contributed by atoms with Crippen molar-refractivity contribution < 1.29 is 14.4 Å². The van der Waals surface area contributed by atoms with Crippen LogP contribution in [0.3, 0.4) is 0 Å². The fraction of sp³-hybridized carbons (Fsp3) is 0. The average Bonchev–Trinajstić information content (AvgIpc) is 2.36. The quantitative estimate of drug-likeness (QED) is 0.383. The monoisotopic (exact) mass is 168 g/mol. The molecule has 1 aliphatic heterocycles. The van der Waals surface area contributed by atoms with E-state index in [1.54, 1.807) is 0 Å². The van der Waals surface area contributed by atoms with Crippen molar-refractivity contribution in [2.24, 2.45) is 5.73 Å². The van der Waals surface area contributed by atoms with Gasteiger partial charge in [-0.1, -0.05) is 6.58 Å². The molecule has 3 amide bonds. The van der Waals surface area contributed by atoms with Crippen LogP contribution in [0.1, 0.15) is 0 Å². The van der Waals surface area contributed by atoms with Crippen LogP contribution in [-0.2, 0) is 14.4 Å². The summed E-state index contributed by atoms with van der Waals surface area (Å²) in [5, 5.41) is 2.03. The van der Waals surface area contributed by atoms with E-state index < -0.39 is 5.91 Å². The van der Waals surface area contributed by atoms with Gasteiger partial charge in [-0.05, 0) is 6.08 Å². The molecule has 0 saturated carbocycles. The van der Waals surface area contributed by atoms with Gasteiger partial charge in [-0.15, -0.1) is 0 Å². The number of carbonyl (C=O) groups is 3. The molecule has 0 radical (unpaired) electrons. The third kappa shape index (κ3) is 4.92. The normalized spacial score (nSPS) is 13.0. The van der Waals surface area contributed by atoms with E-state index in [0.717, 1.165) is 6.08 Å². The second kappa shape index (κ2) is 4.84. The molecule has 0 aromatic heterocycles. The van der Waals surface area contributed by atoms with E-state index in [1.807, 2.05) is 5.32 Å². The second-order valence-electron chi connectivity index (χ2n) is 1.79. The van der Waals surface area contributed by atoms with Gasteiger partial charge in [-0.3, -0.25) is 19.7 Å². The van der Waals surface area contributed by atoms with Crippen LogP contribution in [0, 0.1) is 0 Å². The molecule has 0 bridgehead atoms. The summed E-state index contributed by atoms with van der Waals surface area (Å²) in [6, 6.07) is 0. The first-order chi connectivity index (χ1) is 5.56. The van der Waals surface area contributed by atoms with E-state index in [2.05, 4.69) is 12.3 Å². The Morgan fingerprint density at radius 1 is 1.42 bits per heavy atom. The molecule has 1 aliphatic rings. The van der Waals surface area contributed by atoms with Crippen molar-refractivity contribution in [1.82, 2.24) is 5.32 Å². The standard InChI is InChI=1S/C4H3NO2.C3H5NO/c6-3-1-2-4(7)5-3;1-2-3(4)5/h1-2H,(H,5,6,7);2H,1H2,(H2,4,5). The number of nitrogens with one attached hydrogen (secondary N) is 1. The van der Waals surface area contributed by atoms with Gasteiger partial charge in [0, 0.05) is 12.2 Å². The Morgan fingerprint density at radius 2 is 1.75 bits per heavy atom. The van der Waals surface area contributed by atoms with E-state index >= 15 is 0 Å². The topological polar surface area (TPSA) is 89.3 Å². The average molecular weight is 168 g/mol. The Hall–Kier alpha value is -1.91. The third-order valence-corrected chi connectivity index (χ3v) is 0.834. The van der Waals surface area contributed by atoms with Crippen LogP contribution in [0.15, 0.2) is 24.8 Å². The zero-order chi connectivity index (χ0) is 9.56. The van der Waals surface area contributed by atoms with Crippen molar-refractivity contribution in [2.75, 3.05) is 0 Å². The highest BCUT2D eigenvalue weighted by Gasteiger charge is 2.06. The summed E-state index contributed by atoms with van der Waals surface area (Å²) >= 11 is 0. The molecule has 5 nitrogen and oxygen atoms in total. The number of carbonyl (C=O) groups excluding carboxylic acids is 3. The van der Waals surface area contributed by atoms with E-state index in [9.17, 15) is 14.4 Å². The summed E-state index contributed by atoms with van der Waals surface area (Å²) in [7, 11) is 0. The lowest BCUT2D eigenvalue weighted by Crippen LogP contribution is -2.19. The lowest BCUT2D eigenvalue weighted by atomic mass is 10.6. The lowest BCUT2D eigenvalue weighted by Gasteiger charge is -1.80. The maximum absolute atomic E-state index is 10.0. The highest BCUT2D eigenvalue weighted by atomic mass is 16.2. The largest absolute Gasteiger partial charge is 0.366 e. The summed E-state index contributed by atoms with van der Waals surface area (Å²) in [4.78, 5) is 29.5. The van der Waals surface area contributed by atoms with Gasteiger partial charge in [0.05, 0.1) is 0 Å². The molecule has 0 fully saturated rings. The molecule has 5 heteroatoms. The maximum atomic E-state index is 10.0. The van der Waals surface area contributed by atoms with Crippen molar-refractivity contribution in [3.63, 3.8) is 0 Å². The Morgan fingerprint density at radius 3 is 1.83 bits per heavy atom. The number of rotatable bonds is 1. The van der Waals surface area contributed by atoms with Gasteiger partial charge in [-0.25, -0.2) is 0 Å². The number of amides is 3. The highest BCUT2D eigenvalue weighted by molar-refractivity contribution is 6.12. The van der Waals surface area contributed by atoms with Gasteiger partial charge in [-0.2, -0.15) is 0 Å². The summed E-state index contributed by atoms with van der Waals surface area (Å²) in [6.07, 6.45) is 3.45. The first-order valence-corrected chi connectivity index (χ1v) is 3.01. The molecule has 0 aromatic rings. The van der Waals surface area contributed by atoms with Crippen molar-refractivity contribution in [2.45, 2.75) is 0 Å². The van der Waals surface area contributed by atoms with Crippen LogP contribution in [0.25, 0.3) is 0 Å². The van der Waals surface area contributed by atoms with E-state index in [4.69, 9.17) is 0 Å². The number of nitrogens with two attached hydrogens (primary N) is 1. The number of hydrogen-bond donors (Lipinski definition) is 2. The fourth-order valence-corrected chi connectivity index (χ4v) is 0.356. The first-order valence-electron chi connectivity index (χ1n) is 3.01. The van der Waals surface area contributed by atoms with Gasteiger partial charge in [0.1, 0.15) is 0 Å². The Kier molecular flexibility index (Phi) is 4.07. The van der Waals surface area contributed by atoms with E-state index in [-0.39, 0.29) is 11.8 Å². The lowest BCUT2D eigenvalue weighted by molar-refractivity contribution is -0.123. The minimum absolute atomic E-state index is 0.329. The smallest absolute Gasteiger partial charge is 0.250 e. The van der Waals surface area contributed by atoms with Crippen molar-refractivity contribution in [3.05, 3.63) is 24.8 Å². The van der Waals surface area contributed by atoms with Crippen molar-refractivity contribution in [1.29, 1.82) is 0 Å². The zero-order valence-corrected chi connectivity index (χ0v) is 6.24. The number of primary amides is 1. The number of hydrogen-bond acceptors (Lipinski definition) is 3. The molecular weight excluding hydrogens is 160 g/mol. The first kappa shape index (κ1) is 10.1. The molecule has 1 rings (SSSR count). The molecular formula is C7H8N2O3. The molecule has 12 heavy (non-hydrogen) atoms. The third-order valence-electron chi connectivity index (χ3n) is 0.834. The Bertz CT molecular complexity index is 239. The molecule has 0 saturated heterocycles. The molecule has 3 N–H and O–H groups in total. The van der Waals surface area contributed by atoms with Gasteiger partial charge in [0.2, 0.25) is 5.91 Å². The van der Waals surface area contributed by atoms with Crippen molar-refractivity contribution >= 4 is 17.7 Å². The summed E-state index contributed by atoms with van der Waals surface area (Å²) < 4.78 is 0. The van der Waals surface area contributed by atoms with Crippen LogP contribution in [0.5, 0.6) is 0 Å². The van der Waals surface area contributed by atoms with Crippen molar-refractivity contribution in [3.8, 4) is 0 Å². The van der Waals surface area contributed by atoms with Gasteiger partial charge < -0.3 is 5.73 Å². The Labute approximate surface area is 68.9 Å². The second-order valence-corrected chi connectivity index (χ2v) is 1.79. The molecule has 0 aromatic carbocycles. The predicted octanol–water partition coefficient (Wildman–Crippen LogP) is -1.14. The molecule has 0 spiro atoms.